The van der Waals surface area contributed by atoms with E-state index in [1.54, 1.807) is 4.90 Å². The molecule has 5 heteroatoms. The normalized spacial score (nSPS) is 21.0. The number of amides is 2. The second-order valence-corrected chi connectivity index (χ2v) is 3.48. The Bertz CT molecular complexity index is 230. The number of carbonyl (C=O) groups excluding carboxylic acids is 2. The first kappa shape index (κ1) is 11.0. The lowest BCUT2D eigenvalue weighted by molar-refractivity contribution is -0.133. The van der Waals surface area contributed by atoms with Crippen molar-refractivity contribution in [2.45, 2.75) is 25.8 Å². The van der Waals surface area contributed by atoms with E-state index in [4.69, 9.17) is 5.11 Å². The maximum atomic E-state index is 11.5. The molecule has 2 amide bonds. The quantitative estimate of drug-likeness (QED) is 0.620. The molecule has 0 aromatic rings. The highest BCUT2D eigenvalue weighted by molar-refractivity contribution is 5.84. The molecule has 1 saturated heterocycles. The van der Waals surface area contributed by atoms with E-state index in [9.17, 15) is 9.59 Å². The van der Waals surface area contributed by atoms with Crippen LogP contribution in [0.1, 0.15) is 19.8 Å². The summed E-state index contributed by atoms with van der Waals surface area (Å²) in [7, 11) is 0. The van der Waals surface area contributed by atoms with Crippen LogP contribution >= 0.6 is 0 Å². The number of hydrogen-bond acceptors (Lipinski definition) is 3. The van der Waals surface area contributed by atoms with Gasteiger partial charge in [-0.3, -0.25) is 9.59 Å². The van der Waals surface area contributed by atoms with Crippen molar-refractivity contribution in [3.63, 3.8) is 0 Å². The lowest BCUT2D eigenvalue weighted by atomic mass is 10.2. The third kappa shape index (κ3) is 2.70. The van der Waals surface area contributed by atoms with E-state index < -0.39 is 0 Å². The molecule has 0 aliphatic carbocycles. The zero-order valence-corrected chi connectivity index (χ0v) is 8.32. The summed E-state index contributed by atoms with van der Waals surface area (Å²) in [6.07, 6.45) is 1.78. The highest BCUT2D eigenvalue weighted by atomic mass is 16.3. The van der Waals surface area contributed by atoms with Gasteiger partial charge in [-0.05, 0) is 12.8 Å². The van der Waals surface area contributed by atoms with E-state index in [-0.39, 0.29) is 31.0 Å². The number of aliphatic hydroxyl groups excluding tert-OH is 1. The van der Waals surface area contributed by atoms with E-state index in [1.165, 1.54) is 6.92 Å². The Hall–Kier alpha value is -1.10. The number of aliphatic hydroxyl groups is 1. The molecule has 0 bridgehead atoms. The van der Waals surface area contributed by atoms with Gasteiger partial charge in [0.2, 0.25) is 11.8 Å². The molecule has 0 aromatic carbocycles. The third-order valence-electron chi connectivity index (χ3n) is 2.40. The minimum absolute atomic E-state index is 0.00577. The number of hydrogen-bond donors (Lipinski definition) is 2. The van der Waals surface area contributed by atoms with Gasteiger partial charge in [-0.15, -0.1) is 0 Å². The Labute approximate surface area is 83.1 Å². The van der Waals surface area contributed by atoms with E-state index in [1.807, 2.05) is 0 Å². The van der Waals surface area contributed by atoms with Gasteiger partial charge in [0.25, 0.3) is 0 Å². The Balaban J connectivity index is 2.39. The molecule has 80 valence electrons. The Kier molecular flexibility index (Phi) is 3.88. The van der Waals surface area contributed by atoms with E-state index in [0.717, 1.165) is 12.8 Å². The van der Waals surface area contributed by atoms with Crippen LogP contribution in [0.5, 0.6) is 0 Å². The average Bonchev–Trinajstić information content (AvgIpc) is 2.61. The summed E-state index contributed by atoms with van der Waals surface area (Å²) in [5.74, 6) is -0.324. The summed E-state index contributed by atoms with van der Waals surface area (Å²) in [5.41, 5.74) is 0. The second-order valence-electron chi connectivity index (χ2n) is 3.48. The van der Waals surface area contributed by atoms with Crippen LogP contribution in [-0.2, 0) is 9.59 Å². The average molecular weight is 200 g/mol. The molecular formula is C9H16N2O3. The summed E-state index contributed by atoms with van der Waals surface area (Å²) in [4.78, 5) is 23.7. The van der Waals surface area contributed by atoms with Gasteiger partial charge in [0.15, 0.2) is 0 Å². The Morgan fingerprint density at radius 2 is 2.29 bits per heavy atom. The van der Waals surface area contributed by atoms with Gasteiger partial charge in [0.1, 0.15) is 0 Å². The topological polar surface area (TPSA) is 69.6 Å². The summed E-state index contributed by atoms with van der Waals surface area (Å²) in [6.45, 7) is 2.10. The maximum Gasteiger partial charge on any atom is 0.242 e. The number of nitrogens with zero attached hydrogens (tertiary/aromatic N) is 1. The number of rotatable bonds is 3. The molecule has 1 rings (SSSR count). The van der Waals surface area contributed by atoms with Crippen molar-refractivity contribution in [3.8, 4) is 0 Å². The largest absolute Gasteiger partial charge is 0.394 e. The second kappa shape index (κ2) is 4.95. The standard InChI is InChI=1S/C9H16N2O3/c1-7(13)10-5-9(14)11-4-2-3-8(11)6-12/h8,12H,2-6H2,1H3,(H,10,13)/t8-/m1/s1. The summed E-state index contributed by atoms with van der Waals surface area (Å²) >= 11 is 0. The molecule has 1 fully saturated rings. The van der Waals surface area contributed by atoms with Crippen molar-refractivity contribution in [2.24, 2.45) is 0 Å². The van der Waals surface area contributed by atoms with Crippen molar-refractivity contribution in [1.82, 2.24) is 10.2 Å². The molecule has 0 aromatic heterocycles. The van der Waals surface area contributed by atoms with Gasteiger partial charge in [-0.1, -0.05) is 0 Å². The van der Waals surface area contributed by atoms with Gasteiger partial charge in [-0.25, -0.2) is 0 Å². The first-order chi connectivity index (χ1) is 6.65. The van der Waals surface area contributed by atoms with Crippen LogP contribution in [0.3, 0.4) is 0 Å². The molecule has 5 nitrogen and oxygen atoms in total. The zero-order valence-electron chi connectivity index (χ0n) is 8.32. The lowest BCUT2D eigenvalue weighted by Gasteiger charge is -2.22. The predicted molar refractivity (Wildman–Crippen MR) is 50.5 cm³/mol. The van der Waals surface area contributed by atoms with Crippen molar-refractivity contribution >= 4 is 11.8 Å². The molecule has 0 unspecified atom stereocenters. The lowest BCUT2D eigenvalue weighted by Crippen LogP contribution is -2.43. The van der Waals surface area contributed by atoms with Crippen LogP contribution in [-0.4, -0.2) is 47.6 Å². The third-order valence-corrected chi connectivity index (χ3v) is 2.40. The van der Waals surface area contributed by atoms with Crippen LogP contribution < -0.4 is 5.32 Å². The Morgan fingerprint density at radius 1 is 1.57 bits per heavy atom. The first-order valence-corrected chi connectivity index (χ1v) is 4.80. The number of carbonyl (C=O) groups is 2. The molecule has 0 saturated carbocycles. The van der Waals surface area contributed by atoms with Crippen LogP contribution in [0.25, 0.3) is 0 Å². The van der Waals surface area contributed by atoms with Gasteiger partial charge in [0.05, 0.1) is 19.2 Å². The van der Waals surface area contributed by atoms with Crippen molar-refractivity contribution in [3.05, 3.63) is 0 Å². The van der Waals surface area contributed by atoms with Crippen LogP contribution in [0.15, 0.2) is 0 Å². The van der Waals surface area contributed by atoms with E-state index >= 15 is 0 Å². The van der Waals surface area contributed by atoms with Gasteiger partial charge in [-0.2, -0.15) is 0 Å². The highest BCUT2D eigenvalue weighted by Crippen LogP contribution is 2.16. The van der Waals surface area contributed by atoms with Crippen molar-refractivity contribution in [1.29, 1.82) is 0 Å². The molecule has 1 aliphatic rings. The van der Waals surface area contributed by atoms with Gasteiger partial charge >= 0.3 is 0 Å². The molecule has 14 heavy (non-hydrogen) atoms. The molecule has 1 atom stereocenters. The summed E-state index contributed by atoms with van der Waals surface area (Å²) in [5, 5.41) is 11.4. The van der Waals surface area contributed by atoms with Crippen molar-refractivity contribution < 1.29 is 14.7 Å². The number of nitrogens with one attached hydrogen (secondary N) is 1. The zero-order chi connectivity index (χ0) is 10.6. The smallest absolute Gasteiger partial charge is 0.242 e. The van der Waals surface area contributed by atoms with Crippen LogP contribution in [0, 0.1) is 0 Å². The molecule has 1 heterocycles. The monoisotopic (exact) mass is 200 g/mol. The first-order valence-electron chi connectivity index (χ1n) is 4.80. The minimum Gasteiger partial charge on any atom is -0.394 e. The van der Waals surface area contributed by atoms with E-state index in [2.05, 4.69) is 5.32 Å². The Morgan fingerprint density at radius 3 is 2.86 bits per heavy atom. The molecule has 0 spiro atoms. The maximum absolute atomic E-state index is 11.5. The predicted octanol–water partition coefficient (Wildman–Crippen LogP) is -0.894. The molecule has 1 aliphatic heterocycles. The van der Waals surface area contributed by atoms with Gasteiger partial charge in [0, 0.05) is 13.5 Å². The fraction of sp³-hybridized carbons (Fsp3) is 0.778. The minimum atomic E-state index is -0.210. The molecule has 0 radical (unpaired) electrons. The van der Waals surface area contributed by atoms with E-state index in [0.29, 0.717) is 6.54 Å². The number of likely N-dealkylation sites (tertiary alicyclic amines) is 1. The van der Waals surface area contributed by atoms with Crippen LogP contribution in [0.4, 0.5) is 0 Å². The highest BCUT2D eigenvalue weighted by Gasteiger charge is 2.27. The van der Waals surface area contributed by atoms with Crippen LogP contribution in [0.2, 0.25) is 0 Å². The molecule has 2 N–H and O–H groups in total. The fourth-order valence-electron chi connectivity index (χ4n) is 1.66. The van der Waals surface area contributed by atoms with Crippen molar-refractivity contribution in [2.75, 3.05) is 19.7 Å². The SMILES string of the molecule is CC(=O)NCC(=O)N1CCC[C@@H]1CO. The fourth-order valence-corrected chi connectivity index (χ4v) is 1.66. The van der Waals surface area contributed by atoms with Gasteiger partial charge < -0.3 is 15.3 Å². The summed E-state index contributed by atoms with van der Waals surface area (Å²) < 4.78 is 0. The summed E-state index contributed by atoms with van der Waals surface area (Å²) in [6, 6.07) is -0.0590. The molecular weight excluding hydrogens is 184 g/mol.